The van der Waals surface area contributed by atoms with Gasteiger partial charge in [-0.05, 0) is 43.0 Å². The summed E-state index contributed by atoms with van der Waals surface area (Å²) in [4.78, 5) is 0. The maximum absolute atomic E-state index is 5.18. The number of hydrogen-bond acceptors (Lipinski definition) is 2. The second kappa shape index (κ2) is 5.66. The third-order valence-electron chi connectivity index (χ3n) is 2.35. The van der Waals surface area contributed by atoms with Crippen molar-refractivity contribution < 1.29 is 9.47 Å². The SMILES string of the molecule is COCCCc1cc(OC)ccc1C. The summed E-state index contributed by atoms with van der Waals surface area (Å²) in [6.07, 6.45) is 2.11. The van der Waals surface area contributed by atoms with Crippen LogP contribution in [0, 0.1) is 6.92 Å². The van der Waals surface area contributed by atoms with Crippen molar-refractivity contribution in [3.8, 4) is 5.75 Å². The smallest absolute Gasteiger partial charge is 0.119 e. The monoisotopic (exact) mass is 194 g/mol. The first kappa shape index (κ1) is 11.1. The minimum absolute atomic E-state index is 0.816. The molecular formula is C12H18O2. The Labute approximate surface area is 85.8 Å². The van der Waals surface area contributed by atoms with Gasteiger partial charge < -0.3 is 9.47 Å². The van der Waals surface area contributed by atoms with E-state index in [0.29, 0.717) is 0 Å². The molecule has 0 spiro atoms. The van der Waals surface area contributed by atoms with Gasteiger partial charge in [-0.25, -0.2) is 0 Å². The van der Waals surface area contributed by atoms with E-state index in [2.05, 4.69) is 19.1 Å². The molecule has 0 unspecified atom stereocenters. The van der Waals surface area contributed by atoms with Crippen LogP contribution < -0.4 is 4.74 Å². The minimum atomic E-state index is 0.816. The molecule has 0 radical (unpaired) electrons. The molecule has 0 atom stereocenters. The molecule has 2 nitrogen and oxygen atoms in total. The standard InChI is InChI=1S/C12H18O2/c1-10-6-7-12(14-3)9-11(10)5-4-8-13-2/h6-7,9H,4-5,8H2,1-3H3. The first-order valence-corrected chi connectivity index (χ1v) is 4.90. The summed E-state index contributed by atoms with van der Waals surface area (Å²) in [5.74, 6) is 0.933. The quantitative estimate of drug-likeness (QED) is 0.671. The molecule has 2 heteroatoms. The van der Waals surface area contributed by atoms with Crippen LogP contribution in [0.1, 0.15) is 17.5 Å². The van der Waals surface area contributed by atoms with Gasteiger partial charge in [-0.2, -0.15) is 0 Å². The van der Waals surface area contributed by atoms with Gasteiger partial charge in [0.1, 0.15) is 5.75 Å². The lowest BCUT2D eigenvalue weighted by atomic mass is 10.0. The van der Waals surface area contributed by atoms with Crippen molar-refractivity contribution in [1.82, 2.24) is 0 Å². The van der Waals surface area contributed by atoms with E-state index in [4.69, 9.17) is 9.47 Å². The van der Waals surface area contributed by atoms with Crippen LogP contribution in [0.3, 0.4) is 0 Å². The Morgan fingerprint density at radius 3 is 2.64 bits per heavy atom. The Balaban J connectivity index is 2.64. The molecule has 0 saturated heterocycles. The number of benzene rings is 1. The van der Waals surface area contributed by atoms with E-state index in [-0.39, 0.29) is 0 Å². The molecule has 0 amide bonds. The highest BCUT2D eigenvalue weighted by Crippen LogP contribution is 2.18. The van der Waals surface area contributed by atoms with E-state index in [1.54, 1.807) is 14.2 Å². The van der Waals surface area contributed by atoms with E-state index in [1.165, 1.54) is 11.1 Å². The van der Waals surface area contributed by atoms with E-state index in [0.717, 1.165) is 25.2 Å². The number of rotatable bonds is 5. The highest BCUT2D eigenvalue weighted by molar-refractivity contribution is 5.34. The number of hydrogen-bond donors (Lipinski definition) is 0. The van der Waals surface area contributed by atoms with E-state index in [9.17, 15) is 0 Å². The van der Waals surface area contributed by atoms with Crippen LogP contribution in [0.2, 0.25) is 0 Å². The van der Waals surface area contributed by atoms with Crippen LogP contribution in [-0.2, 0) is 11.2 Å². The van der Waals surface area contributed by atoms with Crippen molar-refractivity contribution in [2.45, 2.75) is 19.8 Å². The lowest BCUT2D eigenvalue weighted by Crippen LogP contribution is -1.95. The van der Waals surface area contributed by atoms with Crippen LogP contribution in [0.25, 0.3) is 0 Å². The molecule has 0 aliphatic rings. The van der Waals surface area contributed by atoms with Crippen LogP contribution in [0.5, 0.6) is 5.75 Å². The van der Waals surface area contributed by atoms with Gasteiger partial charge in [-0.1, -0.05) is 6.07 Å². The van der Waals surface area contributed by atoms with Crippen molar-refractivity contribution in [3.63, 3.8) is 0 Å². The predicted molar refractivity (Wildman–Crippen MR) is 57.9 cm³/mol. The third kappa shape index (κ3) is 3.04. The third-order valence-corrected chi connectivity index (χ3v) is 2.35. The van der Waals surface area contributed by atoms with E-state index < -0.39 is 0 Å². The Hall–Kier alpha value is -1.02. The van der Waals surface area contributed by atoms with Crippen LogP contribution in [0.15, 0.2) is 18.2 Å². The molecular weight excluding hydrogens is 176 g/mol. The Bertz CT molecular complexity index is 282. The van der Waals surface area contributed by atoms with E-state index >= 15 is 0 Å². The molecule has 14 heavy (non-hydrogen) atoms. The first-order valence-electron chi connectivity index (χ1n) is 4.90. The van der Waals surface area contributed by atoms with Gasteiger partial charge in [0, 0.05) is 13.7 Å². The van der Waals surface area contributed by atoms with Crippen molar-refractivity contribution in [2.24, 2.45) is 0 Å². The number of aryl methyl sites for hydroxylation is 2. The highest BCUT2D eigenvalue weighted by atomic mass is 16.5. The zero-order chi connectivity index (χ0) is 10.4. The summed E-state index contributed by atoms with van der Waals surface area (Å²) < 4.78 is 10.2. The minimum Gasteiger partial charge on any atom is -0.497 e. The molecule has 0 N–H and O–H groups in total. The molecule has 78 valence electrons. The van der Waals surface area contributed by atoms with E-state index in [1.807, 2.05) is 6.07 Å². The summed E-state index contributed by atoms with van der Waals surface area (Å²) in [5.41, 5.74) is 2.67. The zero-order valence-corrected chi connectivity index (χ0v) is 9.17. The topological polar surface area (TPSA) is 18.5 Å². The number of methoxy groups -OCH3 is 2. The van der Waals surface area contributed by atoms with Crippen LogP contribution in [0.4, 0.5) is 0 Å². The maximum Gasteiger partial charge on any atom is 0.119 e. The van der Waals surface area contributed by atoms with Crippen LogP contribution >= 0.6 is 0 Å². The largest absolute Gasteiger partial charge is 0.497 e. The fourth-order valence-corrected chi connectivity index (χ4v) is 1.45. The van der Waals surface area contributed by atoms with Gasteiger partial charge in [0.25, 0.3) is 0 Å². The molecule has 0 aromatic heterocycles. The molecule has 0 fully saturated rings. The summed E-state index contributed by atoms with van der Waals surface area (Å²) in [5, 5.41) is 0. The van der Waals surface area contributed by atoms with Gasteiger partial charge in [0.05, 0.1) is 7.11 Å². The number of ether oxygens (including phenoxy) is 2. The fourth-order valence-electron chi connectivity index (χ4n) is 1.45. The predicted octanol–water partition coefficient (Wildman–Crippen LogP) is 2.58. The normalized spacial score (nSPS) is 10.2. The molecule has 0 saturated carbocycles. The first-order chi connectivity index (χ1) is 6.77. The fraction of sp³-hybridized carbons (Fsp3) is 0.500. The van der Waals surface area contributed by atoms with Gasteiger partial charge >= 0.3 is 0 Å². The lowest BCUT2D eigenvalue weighted by molar-refractivity contribution is 0.195. The lowest BCUT2D eigenvalue weighted by Gasteiger charge is -2.07. The van der Waals surface area contributed by atoms with Gasteiger partial charge in [-0.3, -0.25) is 0 Å². The van der Waals surface area contributed by atoms with Gasteiger partial charge in [-0.15, -0.1) is 0 Å². The van der Waals surface area contributed by atoms with Crippen molar-refractivity contribution in [2.75, 3.05) is 20.8 Å². The maximum atomic E-state index is 5.18. The Morgan fingerprint density at radius 2 is 2.00 bits per heavy atom. The molecule has 1 aromatic rings. The average molecular weight is 194 g/mol. The summed E-state index contributed by atoms with van der Waals surface area (Å²) in [6, 6.07) is 6.20. The van der Waals surface area contributed by atoms with Crippen LogP contribution in [-0.4, -0.2) is 20.8 Å². The summed E-state index contributed by atoms with van der Waals surface area (Å²) in [7, 11) is 3.43. The second-order valence-electron chi connectivity index (χ2n) is 3.39. The van der Waals surface area contributed by atoms with Crippen molar-refractivity contribution in [3.05, 3.63) is 29.3 Å². The molecule has 1 aromatic carbocycles. The van der Waals surface area contributed by atoms with Crippen molar-refractivity contribution in [1.29, 1.82) is 0 Å². The molecule has 0 aliphatic carbocycles. The Kier molecular flexibility index (Phi) is 4.47. The molecule has 1 rings (SSSR count). The van der Waals surface area contributed by atoms with Crippen molar-refractivity contribution >= 4 is 0 Å². The second-order valence-corrected chi connectivity index (χ2v) is 3.39. The Morgan fingerprint density at radius 1 is 1.21 bits per heavy atom. The molecule has 0 heterocycles. The average Bonchev–Trinajstić information content (AvgIpc) is 2.21. The molecule has 0 aliphatic heterocycles. The molecule has 0 bridgehead atoms. The van der Waals surface area contributed by atoms with Gasteiger partial charge in [0.15, 0.2) is 0 Å². The summed E-state index contributed by atoms with van der Waals surface area (Å²) in [6.45, 7) is 2.94. The highest BCUT2D eigenvalue weighted by Gasteiger charge is 2.00. The van der Waals surface area contributed by atoms with Gasteiger partial charge in [0.2, 0.25) is 0 Å². The summed E-state index contributed by atoms with van der Waals surface area (Å²) >= 11 is 0. The zero-order valence-electron chi connectivity index (χ0n) is 9.17.